The fourth-order valence-electron chi connectivity index (χ4n) is 0.798. The maximum atomic E-state index is 4.17. The Morgan fingerprint density at radius 1 is 1.25 bits per heavy atom. The van der Waals surface area contributed by atoms with Crippen molar-refractivity contribution >= 4 is 33.9 Å². The van der Waals surface area contributed by atoms with E-state index in [4.69, 9.17) is 0 Å². The molecule has 0 N–H and O–H groups in total. The van der Waals surface area contributed by atoms with Gasteiger partial charge in [-0.2, -0.15) is 0 Å². The lowest BCUT2D eigenvalue weighted by atomic mass is 10.4. The molecular weight excluding hydrogens is 285 g/mol. The van der Waals surface area contributed by atoms with Crippen LogP contribution in [0.3, 0.4) is 0 Å². The molecule has 0 spiro atoms. The van der Waals surface area contributed by atoms with Gasteiger partial charge in [-0.25, -0.2) is 0 Å². The van der Waals surface area contributed by atoms with Gasteiger partial charge < -0.3 is 0 Å². The molecule has 0 saturated carbocycles. The first-order chi connectivity index (χ1) is 5.86. The number of halogens is 1. The van der Waals surface area contributed by atoms with E-state index in [0.717, 1.165) is 13.7 Å². The molecule has 0 aliphatic heterocycles. The van der Waals surface area contributed by atoms with Crippen LogP contribution < -0.4 is 0 Å². The van der Waals surface area contributed by atoms with Crippen molar-refractivity contribution in [1.29, 1.82) is 0 Å². The molecule has 12 heavy (non-hydrogen) atoms. The second-order valence-electron chi connectivity index (χ2n) is 2.08. The third-order valence-corrected chi connectivity index (χ3v) is 2.89. The molecule has 0 unspecified atom stereocenters. The molecule has 2 aromatic heterocycles. The highest BCUT2D eigenvalue weighted by Crippen LogP contribution is 2.21. The van der Waals surface area contributed by atoms with E-state index in [-0.39, 0.29) is 0 Å². The summed E-state index contributed by atoms with van der Waals surface area (Å²) < 4.78 is 0.938. The highest BCUT2D eigenvalue weighted by Gasteiger charge is 2.03. The molecule has 2 rings (SSSR count). The summed E-state index contributed by atoms with van der Waals surface area (Å²) in [6.07, 6.45) is 1.75. The molecule has 0 amide bonds. The number of hydrogen-bond donors (Lipinski definition) is 0. The normalized spacial score (nSPS) is 10.1. The van der Waals surface area contributed by atoms with Crippen molar-refractivity contribution in [2.24, 2.45) is 0 Å². The molecule has 0 aromatic carbocycles. The Balaban J connectivity index is 2.45. The van der Waals surface area contributed by atoms with E-state index in [9.17, 15) is 0 Å². The quantitative estimate of drug-likeness (QED) is 0.755. The van der Waals surface area contributed by atoms with E-state index >= 15 is 0 Å². The van der Waals surface area contributed by atoms with Crippen LogP contribution in [0.15, 0.2) is 24.4 Å². The van der Waals surface area contributed by atoms with Gasteiger partial charge in [0.1, 0.15) is 5.69 Å². The number of rotatable bonds is 1. The third kappa shape index (κ3) is 1.61. The molecule has 0 atom stereocenters. The Bertz CT molecular complexity index is 373. The lowest BCUT2D eigenvalue weighted by molar-refractivity contribution is 1.07. The van der Waals surface area contributed by atoms with Gasteiger partial charge in [0.2, 0.25) is 0 Å². The van der Waals surface area contributed by atoms with Gasteiger partial charge >= 0.3 is 0 Å². The Kier molecular flexibility index (Phi) is 2.31. The predicted molar refractivity (Wildman–Crippen MR) is 55.9 cm³/mol. The summed E-state index contributed by atoms with van der Waals surface area (Å²) in [6.45, 7) is 0. The lowest BCUT2D eigenvalue weighted by Crippen LogP contribution is -1.79. The fourth-order valence-corrected chi connectivity index (χ4v) is 2.08. The maximum absolute atomic E-state index is 4.17. The van der Waals surface area contributed by atoms with Crippen molar-refractivity contribution in [3.63, 3.8) is 0 Å². The third-order valence-electron chi connectivity index (χ3n) is 1.28. The number of nitrogens with zero attached hydrogens (tertiary/aromatic N) is 3. The fraction of sp³-hybridized carbons (Fsp3) is 0. The van der Waals surface area contributed by atoms with Crippen LogP contribution >= 0.6 is 33.9 Å². The van der Waals surface area contributed by atoms with Gasteiger partial charge in [-0.1, -0.05) is 17.4 Å². The zero-order valence-corrected chi connectivity index (χ0v) is 8.91. The van der Waals surface area contributed by atoms with Crippen LogP contribution in [-0.4, -0.2) is 15.2 Å². The topological polar surface area (TPSA) is 38.7 Å². The lowest BCUT2D eigenvalue weighted by Gasteiger charge is -1.89. The van der Waals surface area contributed by atoms with E-state index in [1.54, 1.807) is 17.5 Å². The summed E-state index contributed by atoms with van der Waals surface area (Å²) in [7, 11) is 0. The van der Waals surface area contributed by atoms with E-state index in [1.807, 2.05) is 18.2 Å². The molecule has 0 aliphatic rings. The maximum Gasteiger partial charge on any atom is 0.178 e. The molecule has 2 heterocycles. The minimum atomic E-state index is 0.875. The van der Waals surface area contributed by atoms with Crippen molar-refractivity contribution in [2.75, 3.05) is 0 Å². The molecule has 3 nitrogen and oxygen atoms in total. The van der Waals surface area contributed by atoms with E-state index < -0.39 is 0 Å². The first-order valence-electron chi connectivity index (χ1n) is 3.26. The molecule has 2 aromatic rings. The van der Waals surface area contributed by atoms with Crippen LogP contribution in [0.2, 0.25) is 0 Å². The number of pyridine rings is 1. The SMILES string of the molecule is Ic1nnc(-c2ccccn2)s1. The van der Waals surface area contributed by atoms with Crippen LogP contribution in [0, 0.1) is 3.01 Å². The highest BCUT2D eigenvalue weighted by molar-refractivity contribution is 14.1. The Morgan fingerprint density at radius 2 is 2.17 bits per heavy atom. The number of aromatic nitrogens is 3. The zero-order valence-electron chi connectivity index (χ0n) is 5.94. The van der Waals surface area contributed by atoms with Gasteiger partial charge in [0, 0.05) is 6.20 Å². The summed E-state index contributed by atoms with van der Waals surface area (Å²) >= 11 is 3.69. The second-order valence-corrected chi connectivity index (χ2v) is 4.81. The van der Waals surface area contributed by atoms with Crippen LogP contribution in [0.1, 0.15) is 0 Å². The highest BCUT2D eigenvalue weighted by atomic mass is 127. The van der Waals surface area contributed by atoms with E-state index in [0.29, 0.717) is 0 Å². The van der Waals surface area contributed by atoms with Gasteiger partial charge in [0.25, 0.3) is 0 Å². The molecule has 60 valence electrons. The predicted octanol–water partition coefficient (Wildman–Crippen LogP) is 2.20. The summed E-state index contributed by atoms with van der Waals surface area (Å²) in [4.78, 5) is 4.17. The molecular formula is C7H4IN3S. The molecule has 0 fully saturated rings. The van der Waals surface area contributed by atoms with Crippen LogP contribution in [0.5, 0.6) is 0 Å². The molecule has 0 aliphatic carbocycles. The van der Waals surface area contributed by atoms with Gasteiger partial charge in [0.05, 0.1) is 0 Å². The molecule has 0 bridgehead atoms. The van der Waals surface area contributed by atoms with E-state index in [2.05, 4.69) is 37.8 Å². The van der Waals surface area contributed by atoms with Crippen molar-refractivity contribution in [3.05, 3.63) is 27.4 Å². The first kappa shape index (κ1) is 8.06. The molecule has 5 heteroatoms. The minimum absolute atomic E-state index is 0.875. The van der Waals surface area contributed by atoms with Crippen molar-refractivity contribution in [1.82, 2.24) is 15.2 Å². The van der Waals surface area contributed by atoms with Gasteiger partial charge in [-0.15, -0.1) is 10.2 Å². The molecule has 0 radical (unpaired) electrons. The van der Waals surface area contributed by atoms with Gasteiger partial charge in [-0.05, 0) is 34.7 Å². The second kappa shape index (κ2) is 3.44. The standard InChI is InChI=1S/C7H4IN3S/c8-7-11-10-6(12-7)5-3-1-2-4-9-5/h1-4H. The average molecular weight is 289 g/mol. The summed E-state index contributed by atoms with van der Waals surface area (Å²) in [5.74, 6) is 0. The average Bonchev–Trinajstić information content (AvgIpc) is 2.54. The van der Waals surface area contributed by atoms with Crippen LogP contribution in [0.25, 0.3) is 10.7 Å². The monoisotopic (exact) mass is 289 g/mol. The van der Waals surface area contributed by atoms with E-state index in [1.165, 1.54) is 0 Å². The van der Waals surface area contributed by atoms with Gasteiger partial charge in [-0.3, -0.25) is 4.98 Å². The molecule has 0 saturated heterocycles. The Hall–Kier alpha value is -0.560. The number of hydrogen-bond acceptors (Lipinski definition) is 4. The Labute approximate surface area is 87.0 Å². The largest absolute Gasteiger partial charge is 0.254 e. The summed E-state index contributed by atoms with van der Waals surface area (Å²) in [6, 6.07) is 5.75. The van der Waals surface area contributed by atoms with Gasteiger partial charge in [0.15, 0.2) is 8.02 Å². The summed E-state index contributed by atoms with van der Waals surface area (Å²) in [5, 5.41) is 8.77. The van der Waals surface area contributed by atoms with Crippen LogP contribution in [0.4, 0.5) is 0 Å². The smallest absolute Gasteiger partial charge is 0.178 e. The Morgan fingerprint density at radius 3 is 2.75 bits per heavy atom. The minimum Gasteiger partial charge on any atom is -0.254 e. The summed E-state index contributed by atoms with van der Waals surface area (Å²) in [5.41, 5.74) is 0.887. The zero-order chi connectivity index (χ0) is 8.39. The van der Waals surface area contributed by atoms with Crippen molar-refractivity contribution in [2.45, 2.75) is 0 Å². The van der Waals surface area contributed by atoms with Crippen molar-refractivity contribution in [3.8, 4) is 10.7 Å². The first-order valence-corrected chi connectivity index (χ1v) is 5.16. The van der Waals surface area contributed by atoms with Crippen molar-refractivity contribution < 1.29 is 0 Å². The van der Waals surface area contributed by atoms with Crippen LogP contribution in [-0.2, 0) is 0 Å².